The molecule has 100 valence electrons. The molecule has 1 heterocycles. The molecule has 0 radical (unpaired) electrons. The first-order chi connectivity index (χ1) is 8.47. The molecule has 2 rings (SSSR count). The molecule has 0 amide bonds. The van der Waals surface area contributed by atoms with Crippen molar-refractivity contribution in [2.45, 2.75) is 30.4 Å². The minimum Gasteiger partial charge on any atom is -0.392 e. The molecule has 2 atom stereocenters. The van der Waals surface area contributed by atoms with Crippen molar-refractivity contribution >= 4 is 10.1 Å². The van der Waals surface area contributed by atoms with E-state index in [1.54, 1.807) is 12.1 Å². The third kappa shape index (κ3) is 3.29. The lowest BCUT2D eigenvalue weighted by Gasteiger charge is -2.11. The maximum absolute atomic E-state index is 11.9. The second-order valence-electron chi connectivity index (χ2n) is 4.55. The highest BCUT2D eigenvalue weighted by molar-refractivity contribution is 7.86. The molecule has 1 aliphatic rings. The van der Waals surface area contributed by atoms with Crippen LogP contribution in [0.5, 0.6) is 0 Å². The molecular formula is C12H17NO4S. The molecule has 18 heavy (non-hydrogen) atoms. The Morgan fingerprint density at radius 1 is 1.39 bits per heavy atom. The van der Waals surface area contributed by atoms with Crippen LogP contribution in [0.15, 0.2) is 29.2 Å². The summed E-state index contributed by atoms with van der Waals surface area (Å²) in [4.78, 5) is 0.159. The van der Waals surface area contributed by atoms with Crippen LogP contribution in [-0.2, 0) is 14.3 Å². The summed E-state index contributed by atoms with van der Waals surface area (Å²) in [5.41, 5.74) is 0.995. The van der Waals surface area contributed by atoms with E-state index < -0.39 is 16.2 Å². The van der Waals surface area contributed by atoms with Crippen LogP contribution in [0.25, 0.3) is 0 Å². The van der Waals surface area contributed by atoms with Gasteiger partial charge in [0.1, 0.15) is 0 Å². The Kier molecular flexibility index (Phi) is 4.01. The maximum atomic E-state index is 11.9. The third-order valence-corrected chi connectivity index (χ3v) is 4.23. The Balaban J connectivity index is 1.97. The molecule has 6 heteroatoms. The van der Waals surface area contributed by atoms with E-state index >= 15 is 0 Å². The van der Waals surface area contributed by atoms with E-state index in [0.717, 1.165) is 5.56 Å². The summed E-state index contributed by atoms with van der Waals surface area (Å²) in [6, 6.07) is 6.41. The number of hydrogen-bond acceptors (Lipinski definition) is 5. The molecule has 1 saturated heterocycles. The van der Waals surface area contributed by atoms with Gasteiger partial charge in [0, 0.05) is 12.6 Å². The third-order valence-electron chi connectivity index (χ3n) is 2.93. The summed E-state index contributed by atoms with van der Waals surface area (Å²) in [5.74, 6) is 0. The van der Waals surface area contributed by atoms with Gasteiger partial charge in [0.15, 0.2) is 0 Å². The van der Waals surface area contributed by atoms with Gasteiger partial charge in [-0.3, -0.25) is 4.18 Å². The van der Waals surface area contributed by atoms with E-state index in [0.29, 0.717) is 13.0 Å². The van der Waals surface area contributed by atoms with Crippen molar-refractivity contribution in [1.29, 1.82) is 0 Å². The van der Waals surface area contributed by atoms with Crippen LogP contribution >= 0.6 is 0 Å². The second-order valence-corrected chi connectivity index (χ2v) is 6.16. The first-order valence-corrected chi connectivity index (χ1v) is 7.26. The van der Waals surface area contributed by atoms with Crippen LogP contribution in [0.4, 0.5) is 0 Å². The molecule has 0 aliphatic carbocycles. The second kappa shape index (κ2) is 5.36. The van der Waals surface area contributed by atoms with Gasteiger partial charge in [0.2, 0.25) is 0 Å². The van der Waals surface area contributed by atoms with E-state index in [9.17, 15) is 13.5 Å². The number of aliphatic hydroxyl groups is 1. The Hall–Kier alpha value is -0.950. The minimum atomic E-state index is -3.70. The summed E-state index contributed by atoms with van der Waals surface area (Å²) in [6.07, 6.45) is 0.101. The Bertz CT molecular complexity index is 497. The Morgan fingerprint density at radius 2 is 2.06 bits per heavy atom. The topological polar surface area (TPSA) is 75.6 Å². The van der Waals surface area contributed by atoms with Gasteiger partial charge < -0.3 is 10.4 Å². The average Bonchev–Trinajstić information content (AvgIpc) is 2.73. The van der Waals surface area contributed by atoms with E-state index in [2.05, 4.69) is 5.32 Å². The van der Waals surface area contributed by atoms with Crippen LogP contribution in [0.3, 0.4) is 0 Å². The van der Waals surface area contributed by atoms with Gasteiger partial charge in [-0.25, -0.2) is 0 Å². The van der Waals surface area contributed by atoms with Crippen molar-refractivity contribution < 1.29 is 17.7 Å². The highest BCUT2D eigenvalue weighted by atomic mass is 32.2. The van der Waals surface area contributed by atoms with Gasteiger partial charge in [-0.2, -0.15) is 8.42 Å². The summed E-state index contributed by atoms with van der Waals surface area (Å²) >= 11 is 0. The highest BCUT2D eigenvalue weighted by Crippen LogP contribution is 2.15. The van der Waals surface area contributed by atoms with Gasteiger partial charge >= 0.3 is 0 Å². The lowest BCUT2D eigenvalue weighted by atomic mass is 10.2. The standard InChI is InChI=1S/C12H17NO4S/c1-9-2-4-12(5-3-9)18(15,16)17-8-10-6-11(14)7-13-10/h2-5,10-11,13-14H,6-8H2,1H3/t10-,11+/m0/s1. The van der Waals surface area contributed by atoms with Crippen molar-refractivity contribution in [3.63, 3.8) is 0 Å². The zero-order valence-electron chi connectivity index (χ0n) is 10.2. The largest absolute Gasteiger partial charge is 0.392 e. The summed E-state index contributed by atoms with van der Waals surface area (Å²) in [6.45, 7) is 2.42. The van der Waals surface area contributed by atoms with Crippen molar-refractivity contribution in [2.75, 3.05) is 13.2 Å². The van der Waals surface area contributed by atoms with Gasteiger partial charge in [-0.15, -0.1) is 0 Å². The van der Waals surface area contributed by atoms with Crippen LogP contribution in [-0.4, -0.2) is 38.8 Å². The molecule has 0 spiro atoms. The normalized spacial score (nSPS) is 24.3. The first kappa shape index (κ1) is 13.5. The molecule has 5 nitrogen and oxygen atoms in total. The predicted octanol–water partition coefficient (Wildman–Crippen LogP) is 0.423. The van der Waals surface area contributed by atoms with Crippen molar-refractivity contribution in [1.82, 2.24) is 5.32 Å². The SMILES string of the molecule is Cc1ccc(S(=O)(=O)OC[C@@H]2C[C@@H](O)CN2)cc1. The number of aryl methyl sites for hydroxylation is 1. The van der Waals surface area contributed by atoms with Crippen LogP contribution in [0, 0.1) is 6.92 Å². The summed E-state index contributed by atoms with van der Waals surface area (Å²) in [7, 11) is -3.70. The molecule has 1 fully saturated rings. The maximum Gasteiger partial charge on any atom is 0.297 e. The Morgan fingerprint density at radius 3 is 2.61 bits per heavy atom. The molecule has 1 aromatic rings. The molecule has 1 aromatic carbocycles. The number of aliphatic hydroxyl groups excluding tert-OH is 1. The van der Waals surface area contributed by atoms with Gasteiger partial charge in [-0.05, 0) is 25.5 Å². The molecule has 0 unspecified atom stereocenters. The summed E-state index contributed by atoms with van der Waals surface area (Å²) in [5, 5.41) is 12.3. The molecular weight excluding hydrogens is 254 g/mol. The molecule has 0 aromatic heterocycles. The molecule has 1 aliphatic heterocycles. The average molecular weight is 271 g/mol. The van der Waals surface area contributed by atoms with Crippen molar-refractivity contribution in [3.05, 3.63) is 29.8 Å². The fourth-order valence-electron chi connectivity index (χ4n) is 1.87. The van der Waals surface area contributed by atoms with Crippen LogP contribution in [0.1, 0.15) is 12.0 Å². The van der Waals surface area contributed by atoms with Crippen molar-refractivity contribution in [2.24, 2.45) is 0 Å². The number of hydrogen-bond donors (Lipinski definition) is 2. The minimum absolute atomic E-state index is 0.0489. The fourth-order valence-corrected chi connectivity index (χ4v) is 2.82. The molecule has 2 N–H and O–H groups in total. The first-order valence-electron chi connectivity index (χ1n) is 5.85. The zero-order valence-corrected chi connectivity index (χ0v) is 11.0. The monoisotopic (exact) mass is 271 g/mol. The quantitative estimate of drug-likeness (QED) is 0.776. The van der Waals surface area contributed by atoms with Gasteiger partial charge in [0.25, 0.3) is 10.1 Å². The van der Waals surface area contributed by atoms with E-state index in [1.807, 2.05) is 6.92 Å². The lowest BCUT2D eigenvalue weighted by molar-refractivity contribution is 0.187. The summed E-state index contributed by atoms with van der Waals surface area (Å²) < 4.78 is 28.7. The zero-order chi connectivity index (χ0) is 13.2. The number of benzene rings is 1. The van der Waals surface area contributed by atoms with Crippen molar-refractivity contribution in [3.8, 4) is 0 Å². The van der Waals surface area contributed by atoms with E-state index in [1.165, 1.54) is 12.1 Å². The van der Waals surface area contributed by atoms with Crippen LogP contribution in [0.2, 0.25) is 0 Å². The number of nitrogens with one attached hydrogen (secondary N) is 1. The van der Waals surface area contributed by atoms with Gasteiger partial charge in [0.05, 0.1) is 17.6 Å². The van der Waals surface area contributed by atoms with E-state index in [-0.39, 0.29) is 17.5 Å². The fraction of sp³-hybridized carbons (Fsp3) is 0.500. The predicted molar refractivity (Wildman–Crippen MR) is 66.7 cm³/mol. The Labute approximate surface area is 107 Å². The number of β-amino-alcohol motifs (C(OH)–C–C–N with tert-alkyl or cyclic N) is 1. The van der Waals surface area contributed by atoms with Gasteiger partial charge in [-0.1, -0.05) is 17.7 Å². The van der Waals surface area contributed by atoms with Crippen LogP contribution < -0.4 is 5.32 Å². The smallest absolute Gasteiger partial charge is 0.297 e. The number of rotatable bonds is 4. The van der Waals surface area contributed by atoms with E-state index in [4.69, 9.17) is 4.18 Å². The highest BCUT2D eigenvalue weighted by Gasteiger charge is 2.25. The lowest BCUT2D eigenvalue weighted by Crippen LogP contribution is -2.28. The molecule has 0 bridgehead atoms. The molecule has 0 saturated carbocycles.